The number of aromatic nitrogens is 1. The molecule has 0 unspecified atom stereocenters. The Bertz CT molecular complexity index is 283. The molecule has 0 aliphatic rings. The molecule has 2 N–H and O–H groups in total. The molecule has 0 radical (unpaired) electrons. The van der Waals surface area contributed by atoms with Crippen molar-refractivity contribution in [1.82, 2.24) is 9.88 Å². The fraction of sp³-hybridized carbons (Fsp3) is 0.727. The number of rotatable bonds is 6. The Kier molecular flexibility index (Phi) is 5.22. The molecule has 1 heterocycles. The molecule has 0 aliphatic heterocycles. The van der Waals surface area contributed by atoms with Crippen molar-refractivity contribution in [3.05, 3.63) is 16.1 Å². The van der Waals surface area contributed by atoms with Gasteiger partial charge in [-0.25, -0.2) is 4.98 Å². The molecule has 1 aromatic heterocycles. The number of thiazole rings is 1. The van der Waals surface area contributed by atoms with E-state index in [1.165, 1.54) is 5.69 Å². The van der Waals surface area contributed by atoms with E-state index in [0.717, 1.165) is 24.5 Å². The van der Waals surface area contributed by atoms with Crippen molar-refractivity contribution in [2.75, 3.05) is 20.1 Å². The van der Waals surface area contributed by atoms with Crippen molar-refractivity contribution in [3.8, 4) is 0 Å². The average molecular weight is 227 g/mol. The molecule has 0 bridgehead atoms. The van der Waals surface area contributed by atoms with Crippen LogP contribution in [0, 0.1) is 5.92 Å². The maximum atomic E-state index is 5.49. The zero-order valence-electron chi connectivity index (χ0n) is 9.86. The summed E-state index contributed by atoms with van der Waals surface area (Å²) in [7, 11) is 2.14. The summed E-state index contributed by atoms with van der Waals surface area (Å²) in [6.07, 6.45) is 0.901. The Morgan fingerprint density at radius 1 is 1.53 bits per heavy atom. The summed E-state index contributed by atoms with van der Waals surface area (Å²) in [6.45, 7) is 7.21. The molecule has 0 aromatic carbocycles. The molecule has 86 valence electrons. The minimum atomic E-state index is 0.689. The standard InChI is InChI=1S/C11H21N3S/c1-9(2)6-14(3)7-10-8-15-11(13-10)4-5-12/h8-9H,4-7,12H2,1-3H3. The van der Waals surface area contributed by atoms with Gasteiger partial charge >= 0.3 is 0 Å². The van der Waals surface area contributed by atoms with Crippen LogP contribution < -0.4 is 5.73 Å². The lowest BCUT2D eigenvalue weighted by molar-refractivity contribution is 0.285. The van der Waals surface area contributed by atoms with Gasteiger partial charge in [0.15, 0.2) is 0 Å². The molecule has 0 saturated heterocycles. The lowest BCUT2D eigenvalue weighted by atomic mass is 10.2. The highest BCUT2D eigenvalue weighted by atomic mass is 32.1. The van der Waals surface area contributed by atoms with E-state index in [2.05, 4.69) is 36.2 Å². The first-order chi connectivity index (χ1) is 7.11. The molecule has 3 nitrogen and oxygen atoms in total. The smallest absolute Gasteiger partial charge is 0.0941 e. The summed E-state index contributed by atoms with van der Waals surface area (Å²) in [5.41, 5.74) is 6.67. The Labute approximate surface area is 96.3 Å². The Balaban J connectivity index is 2.42. The molecule has 1 rings (SSSR count). The van der Waals surface area contributed by atoms with Crippen molar-refractivity contribution in [1.29, 1.82) is 0 Å². The molecule has 0 atom stereocenters. The molecule has 0 fully saturated rings. The van der Waals surface area contributed by atoms with Gasteiger partial charge in [-0.2, -0.15) is 0 Å². The van der Waals surface area contributed by atoms with Crippen LogP contribution in [0.5, 0.6) is 0 Å². The minimum absolute atomic E-state index is 0.689. The second-order valence-electron chi connectivity index (χ2n) is 4.36. The summed E-state index contributed by atoms with van der Waals surface area (Å²) in [6, 6.07) is 0. The third-order valence-corrected chi connectivity index (χ3v) is 3.02. The fourth-order valence-electron chi connectivity index (χ4n) is 1.62. The molecular weight excluding hydrogens is 206 g/mol. The second kappa shape index (κ2) is 6.20. The largest absolute Gasteiger partial charge is 0.330 e. The third-order valence-electron chi connectivity index (χ3n) is 2.07. The highest BCUT2D eigenvalue weighted by Crippen LogP contribution is 2.12. The zero-order chi connectivity index (χ0) is 11.3. The number of nitrogens with two attached hydrogens (primary N) is 1. The number of hydrogen-bond donors (Lipinski definition) is 1. The van der Waals surface area contributed by atoms with Crippen LogP contribution in [0.1, 0.15) is 24.5 Å². The topological polar surface area (TPSA) is 42.1 Å². The van der Waals surface area contributed by atoms with Crippen LogP contribution in [0.4, 0.5) is 0 Å². The molecular formula is C11H21N3S. The predicted molar refractivity (Wildman–Crippen MR) is 66.0 cm³/mol. The van der Waals surface area contributed by atoms with Crippen molar-refractivity contribution in [3.63, 3.8) is 0 Å². The third kappa shape index (κ3) is 4.73. The summed E-state index contributed by atoms with van der Waals surface area (Å²) >= 11 is 1.72. The summed E-state index contributed by atoms with van der Waals surface area (Å²) in [5.74, 6) is 0.706. The average Bonchev–Trinajstić information content (AvgIpc) is 2.51. The van der Waals surface area contributed by atoms with E-state index in [1.54, 1.807) is 11.3 Å². The van der Waals surface area contributed by atoms with Gasteiger partial charge in [-0.15, -0.1) is 11.3 Å². The van der Waals surface area contributed by atoms with Gasteiger partial charge in [0.2, 0.25) is 0 Å². The van der Waals surface area contributed by atoms with Crippen LogP contribution >= 0.6 is 11.3 Å². The van der Waals surface area contributed by atoms with E-state index in [0.29, 0.717) is 12.5 Å². The van der Waals surface area contributed by atoms with Crippen LogP contribution in [0.2, 0.25) is 0 Å². The zero-order valence-corrected chi connectivity index (χ0v) is 10.7. The van der Waals surface area contributed by atoms with Gasteiger partial charge in [-0.3, -0.25) is 0 Å². The van der Waals surface area contributed by atoms with Gasteiger partial charge in [-0.05, 0) is 19.5 Å². The predicted octanol–water partition coefficient (Wildman–Crippen LogP) is 1.73. The molecule has 4 heteroatoms. The van der Waals surface area contributed by atoms with Crippen LogP contribution in [0.25, 0.3) is 0 Å². The van der Waals surface area contributed by atoms with Gasteiger partial charge < -0.3 is 10.6 Å². The first-order valence-corrected chi connectivity index (χ1v) is 6.31. The van der Waals surface area contributed by atoms with E-state index in [-0.39, 0.29) is 0 Å². The quantitative estimate of drug-likeness (QED) is 0.805. The first kappa shape index (κ1) is 12.6. The van der Waals surface area contributed by atoms with Crippen LogP contribution in [-0.4, -0.2) is 30.0 Å². The summed E-state index contributed by atoms with van der Waals surface area (Å²) in [5, 5.41) is 3.30. The lowest BCUT2D eigenvalue weighted by Crippen LogP contribution is -2.22. The van der Waals surface area contributed by atoms with Crippen LogP contribution in [-0.2, 0) is 13.0 Å². The van der Waals surface area contributed by atoms with Crippen molar-refractivity contribution in [2.24, 2.45) is 11.7 Å². The van der Waals surface area contributed by atoms with Gasteiger partial charge in [-0.1, -0.05) is 13.8 Å². The summed E-state index contributed by atoms with van der Waals surface area (Å²) < 4.78 is 0. The van der Waals surface area contributed by atoms with Crippen LogP contribution in [0.3, 0.4) is 0 Å². The molecule has 0 spiro atoms. The Hall–Kier alpha value is -0.450. The first-order valence-electron chi connectivity index (χ1n) is 5.43. The van der Waals surface area contributed by atoms with Gasteiger partial charge in [0.1, 0.15) is 0 Å². The maximum Gasteiger partial charge on any atom is 0.0941 e. The second-order valence-corrected chi connectivity index (χ2v) is 5.30. The fourth-order valence-corrected chi connectivity index (χ4v) is 2.43. The van der Waals surface area contributed by atoms with Gasteiger partial charge in [0.05, 0.1) is 10.7 Å². The van der Waals surface area contributed by atoms with Crippen molar-refractivity contribution >= 4 is 11.3 Å². The van der Waals surface area contributed by atoms with Crippen molar-refractivity contribution < 1.29 is 0 Å². The highest BCUT2D eigenvalue weighted by molar-refractivity contribution is 7.09. The summed E-state index contributed by atoms with van der Waals surface area (Å²) in [4.78, 5) is 6.86. The van der Waals surface area contributed by atoms with E-state index in [4.69, 9.17) is 5.73 Å². The van der Waals surface area contributed by atoms with E-state index >= 15 is 0 Å². The molecule has 0 amide bonds. The van der Waals surface area contributed by atoms with E-state index in [1.807, 2.05) is 0 Å². The van der Waals surface area contributed by atoms with Gasteiger partial charge in [0.25, 0.3) is 0 Å². The SMILES string of the molecule is CC(C)CN(C)Cc1csc(CCN)n1. The molecule has 15 heavy (non-hydrogen) atoms. The molecule has 0 saturated carbocycles. The monoisotopic (exact) mass is 227 g/mol. The van der Waals surface area contributed by atoms with E-state index < -0.39 is 0 Å². The number of nitrogens with zero attached hydrogens (tertiary/aromatic N) is 2. The molecule has 0 aliphatic carbocycles. The minimum Gasteiger partial charge on any atom is -0.330 e. The highest BCUT2D eigenvalue weighted by Gasteiger charge is 2.06. The maximum absolute atomic E-state index is 5.49. The Morgan fingerprint density at radius 3 is 2.87 bits per heavy atom. The van der Waals surface area contributed by atoms with Crippen LogP contribution in [0.15, 0.2) is 5.38 Å². The molecule has 1 aromatic rings. The number of hydrogen-bond acceptors (Lipinski definition) is 4. The van der Waals surface area contributed by atoms with Crippen molar-refractivity contribution in [2.45, 2.75) is 26.8 Å². The van der Waals surface area contributed by atoms with Gasteiger partial charge in [0, 0.05) is 24.9 Å². The Morgan fingerprint density at radius 2 is 2.27 bits per heavy atom. The van der Waals surface area contributed by atoms with E-state index in [9.17, 15) is 0 Å². The normalized spacial score (nSPS) is 11.6. The lowest BCUT2D eigenvalue weighted by Gasteiger charge is -2.17.